The fourth-order valence-corrected chi connectivity index (χ4v) is 5.78. The lowest BCUT2D eigenvalue weighted by atomic mass is 9.93. The van der Waals surface area contributed by atoms with Gasteiger partial charge in [0.2, 0.25) is 5.82 Å². The highest BCUT2D eigenvalue weighted by Crippen LogP contribution is 2.31. The Morgan fingerprint density at radius 2 is 1.89 bits per heavy atom. The Kier molecular flexibility index (Phi) is 8.24. The third-order valence-corrected chi connectivity index (χ3v) is 8.46. The van der Waals surface area contributed by atoms with Crippen LogP contribution in [0.4, 0.5) is 17.6 Å². The molecule has 12 nitrogen and oxygen atoms in total. The highest BCUT2D eigenvalue weighted by atomic mass is 19.4. The number of nitrogens with one attached hydrogen (secondary N) is 1. The van der Waals surface area contributed by atoms with E-state index >= 15 is 0 Å². The summed E-state index contributed by atoms with van der Waals surface area (Å²) in [7, 11) is 0. The number of nitriles is 1. The first kappa shape index (κ1) is 30.6. The van der Waals surface area contributed by atoms with Gasteiger partial charge in [0.1, 0.15) is 23.9 Å². The molecule has 5 aromatic rings. The molecule has 47 heavy (non-hydrogen) atoms. The normalized spacial score (nSPS) is 17.5. The molecule has 1 N–H and O–H groups in total. The first-order chi connectivity index (χ1) is 22.7. The summed E-state index contributed by atoms with van der Waals surface area (Å²) in [4.78, 5) is 22.5. The molecule has 2 fully saturated rings. The van der Waals surface area contributed by atoms with Gasteiger partial charge in [-0.05, 0) is 56.6 Å². The summed E-state index contributed by atoms with van der Waals surface area (Å²) in [6.07, 6.45) is 1.26. The van der Waals surface area contributed by atoms with E-state index in [9.17, 15) is 17.6 Å². The van der Waals surface area contributed by atoms with Crippen molar-refractivity contribution in [2.24, 2.45) is 0 Å². The van der Waals surface area contributed by atoms with E-state index < -0.39 is 17.8 Å². The van der Waals surface area contributed by atoms with Crippen molar-refractivity contribution in [3.8, 4) is 23.6 Å². The molecule has 2 saturated heterocycles. The Morgan fingerprint density at radius 3 is 2.60 bits per heavy atom. The van der Waals surface area contributed by atoms with Crippen molar-refractivity contribution in [1.29, 1.82) is 5.26 Å². The van der Waals surface area contributed by atoms with Gasteiger partial charge >= 0.3 is 12.2 Å². The second-order valence-electron chi connectivity index (χ2n) is 11.5. The molecule has 1 aromatic carbocycles. The number of ether oxygens (including phenoxy) is 2. The zero-order valence-electron chi connectivity index (χ0n) is 24.9. The Labute approximate surface area is 265 Å². The van der Waals surface area contributed by atoms with Crippen LogP contribution in [0.25, 0.3) is 22.6 Å². The van der Waals surface area contributed by atoms with Crippen LogP contribution in [0.3, 0.4) is 0 Å². The van der Waals surface area contributed by atoms with E-state index in [0.29, 0.717) is 30.8 Å². The maximum absolute atomic E-state index is 14.3. The molecule has 16 heteroatoms. The molecule has 0 unspecified atom stereocenters. The fourth-order valence-electron chi connectivity index (χ4n) is 5.78. The lowest BCUT2D eigenvalue weighted by Gasteiger charge is -2.32. The minimum atomic E-state index is -4.64. The Morgan fingerprint density at radius 1 is 1.06 bits per heavy atom. The average molecular weight is 649 g/mol. The summed E-state index contributed by atoms with van der Waals surface area (Å²) < 4.78 is 66.9. The molecular formula is C31H28F4N10O2. The van der Waals surface area contributed by atoms with Crippen LogP contribution >= 0.6 is 0 Å². The Balaban J connectivity index is 1.02. The van der Waals surface area contributed by atoms with Crippen LogP contribution in [-0.4, -0.2) is 70.4 Å². The van der Waals surface area contributed by atoms with E-state index in [1.54, 1.807) is 18.5 Å². The van der Waals surface area contributed by atoms with E-state index in [2.05, 4.69) is 39.6 Å². The molecule has 0 amide bonds. The molecular weight excluding hydrogens is 620 g/mol. The van der Waals surface area contributed by atoms with Crippen LogP contribution in [0.1, 0.15) is 53.7 Å². The minimum Gasteiger partial charge on any atom is -0.458 e. The topological polar surface area (TPSA) is 144 Å². The second-order valence-corrected chi connectivity index (χ2v) is 11.5. The number of alkyl halides is 3. The second kappa shape index (κ2) is 12.6. The number of piperidine rings is 1. The number of nitrogens with zero attached hydrogens (tertiary/aromatic N) is 9. The fraction of sp³-hybridized carbons (Fsp3) is 0.387. The number of aromatic nitrogens is 8. The molecule has 2 aliphatic heterocycles. The van der Waals surface area contributed by atoms with E-state index in [0.717, 1.165) is 49.4 Å². The number of pyridine rings is 1. The number of fused-ring (bicyclic) bond motifs is 1. The van der Waals surface area contributed by atoms with E-state index in [4.69, 9.17) is 19.7 Å². The quantitative estimate of drug-likeness (QED) is 0.222. The monoisotopic (exact) mass is 648 g/mol. The number of hydrogen-bond acceptors (Lipinski definition) is 10. The van der Waals surface area contributed by atoms with Gasteiger partial charge in [-0.25, -0.2) is 14.4 Å². The molecule has 0 radical (unpaired) electrons. The predicted octanol–water partition coefficient (Wildman–Crippen LogP) is 4.78. The summed E-state index contributed by atoms with van der Waals surface area (Å²) in [6, 6.07) is 9.77. The van der Waals surface area contributed by atoms with Crippen molar-refractivity contribution in [2.45, 2.75) is 57.2 Å². The third-order valence-electron chi connectivity index (χ3n) is 8.46. The summed E-state index contributed by atoms with van der Waals surface area (Å²) in [5.74, 6) is -0.794. The number of rotatable bonds is 9. The van der Waals surface area contributed by atoms with Crippen LogP contribution in [-0.2, 0) is 30.6 Å². The van der Waals surface area contributed by atoms with Gasteiger partial charge in [0.25, 0.3) is 0 Å². The first-order valence-corrected chi connectivity index (χ1v) is 15.1. The van der Waals surface area contributed by atoms with Gasteiger partial charge in [-0.2, -0.15) is 23.4 Å². The highest BCUT2D eigenvalue weighted by molar-refractivity contribution is 5.78. The largest absolute Gasteiger partial charge is 0.458 e. The molecule has 0 spiro atoms. The zero-order valence-corrected chi connectivity index (χ0v) is 24.9. The zero-order chi connectivity index (χ0) is 32.5. The molecule has 0 aliphatic carbocycles. The summed E-state index contributed by atoms with van der Waals surface area (Å²) in [6.45, 7) is 3.38. The number of imidazole rings is 1. The van der Waals surface area contributed by atoms with Crippen molar-refractivity contribution < 1.29 is 27.0 Å². The Bertz CT molecular complexity index is 1940. The number of H-pyrrole nitrogens is 1. The van der Waals surface area contributed by atoms with E-state index in [1.807, 2.05) is 12.1 Å². The maximum atomic E-state index is 14.3. The number of aromatic amines is 1. The summed E-state index contributed by atoms with van der Waals surface area (Å²) >= 11 is 0. The van der Waals surface area contributed by atoms with Crippen molar-refractivity contribution in [1.82, 2.24) is 44.6 Å². The lowest BCUT2D eigenvalue weighted by Crippen LogP contribution is -2.35. The van der Waals surface area contributed by atoms with Crippen molar-refractivity contribution in [3.05, 3.63) is 77.0 Å². The van der Waals surface area contributed by atoms with Crippen LogP contribution in [0, 0.1) is 17.1 Å². The van der Waals surface area contributed by atoms with Crippen LogP contribution in [0.5, 0.6) is 6.01 Å². The Hall–Kier alpha value is -5.01. The van der Waals surface area contributed by atoms with Crippen molar-refractivity contribution in [3.63, 3.8) is 0 Å². The molecule has 242 valence electrons. The minimum absolute atomic E-state index is 0.0581. The van der Waals surface area contributed by atoms with Crippen LogP contribution in [0.2, 0.25) is 0 Å². The number of likely N-dealkylation sites (tertiary alicyclic amines) is 1. The third kappa shape index (κ3) is 6.62. The van der Waals surface area contributed by atoms with Crippen molar-refractivity contribution in [2.75, 3.05) is 19.7 Å². The van der Waals surface area contributed by atoms with E-state index in [-0.39, 0.29) is 41.7 Å². The molecule has 0 bridgehead atoms. The number of benzene rings is 1. The summed E-state index contributed by atoms with van der Waals surface area (Å²) in [5, 5.41) is 15.8. The van der Waals surface area contributed by atoms with Crippen LogP contribution < -0.4 is 4.74 Å². The molecule has 0 saturated carbocycles. The highest BCUT2D eigenvalue weighted by Gasteiger charge is 2.35. The van der Waals surface area contributed by atoms with Gasteiger partial charge < -0.3 is 19.0 Å². The van der Waals surface area contributed by atoms with Gasteiger partial charge in [-0.15, -0.1) is 10.2 Å². The van der Waals surface area contributed by atoms with Gasteiger partial charge in [0.15, 0.2) is 5.82 Å². The molecule has 6 heterocycles. The average Bonchev–Trinajstić information content (AvgIpc) is 3.68. The molecule has 1 atom stereocenters. The van der Waals surface area contributed by atoms with Crippen molar-refractivity contribution >= 4 is 11.0 Å². The van der Waals surface area contributed by atoms with E-state index in [1.165, 1.54) is 18.2 Å². The molecule has 2 aliphatic rings. The summed E-state index contributed by atoms with van der Waals surface area (Å²) in [5.41, 5.74) is 2.97. The van der Waals surface area contributed by atoms with Gasteiger partial charge in [0, 0.05) is 24.3 Å². The van der Waals surface area contributed by atoms with Crippen LogP contribution in [0.15, 0.2) is 42.7 Å². The lowest BCUT2D eigenvalue weighted by molar-refractivity contribution is -0.144. The van der Waals surface area contributed by atoms with Gasteiger partial charge in [0.05, 0.1) is 53.8 Å². The molecule has 4 aromatic heterocycles. The number of hydrogen-bond donors (Lipinski definition) is 1. The van der Waals surface area contributed by atoms with Gasteiger partial charge in [-0.1, -0.05) is 6.07 Å². The standard InChI is InChI=1S/C31H28F4N10O2/c32-22-11-18(13-36)1-2-20(22)17-47-30-37-7-3-23(40-30)19-4-8-44(9-5-19)16-27-39-24-12-25(28-41-29(43-42-28)31(33,34)35)38-14-26(24)45(27)15-21-6-10-46-21/h1-3,7,11-12,14,19,21H,4-6,8-10,15-17H2,(H,41,42,43)/t21-/m0/s1. The van der Waals surface area contributed by atoms with Gasteiger partial charge in [-0.3, -0.25) is 9.88 Å². The number of halogens is 4. The SMILES string of the molecule is N#Cc1ccc(COc2nccc(C3CCN(Cc4nc5cc(-c6nnc(C(F)(F)F)[nH]6)ncc5n4C[C@@H]4CCO4)CC3)n2)c(F)c1. The smallest absolute Gasteiger partial charge is 0.451 e. The first-order valence-electron chi connectivity index (χ1n) is 15.1. The molecule has 7 rings (SSSR count). The predicted molar refractivity (Wildman–Crippen MR) is 157 cm³/mol. The maximum Gasteiger partial charge on any atom is 0.451 e.